The Morgan fingerprint density at radius 3 is 2.77 bits per heavy atom. The van der Waals surface area contributed by atoms with Crippen LogP contribution in [-0.4, -0.2) is 7.05 Å². The summed E-state index contributed by atoms with van der Waals surface area (Å²) >= 11 is 13.2. The lowest BCUT2D eigenvalue weighted by Crippen LogP contribution is -2.15. The van der Waals surface area contributed by atoms with E-state index in [4.69, 9.17) is 29.6 Å². The molecule has 1 nitrogen and oxygen atoms in total. The number of nitrogens with one attached hydrogen (secondary N) is 1. The molecule has 70 valence electrons. The van der Waals surface area contributed by atoms with Gasteiger partial charge in [0.25, 0.3) is 0 Å². The largest absolute Gasteiger partial charge is 0.312 e. The van der Waals surface area contributed by atoms with Crippen molar-refractivity contribution in [2.24, 2.45) is 0 Å². The summed E-state index contributed by atoms with van der Waals surface area (Å²) in [7, 11) is 1.85. The van der Waals surface area contributed by atoms with E-state index in [9.17, 15) is 0 Å². The van der Waals surface area contributed by atoms with E-state index in [1.807, 2.05) is 13.1 Å². The fourth-order valence-corrected chi connectivity index (χ4v) is 2.66. The number of hydrogen-bond acceptors (Lipinski definition) is 2. The minimum atomic E-state index is 0.0984. The van der Waals surface area contributed by atoms with Gasteiger partial charge in [0.2, 0.25) is 0 Å². The van der Waals surface area contributed by atoms with E-state index in [-0.39, 0.29) is 6.04 Å². The Balaban J connectivity index is 2.91. The third-order valence-corrected chi connectivity index (χ3v) is 3.25. The zero-order chi connectivity index (χ0) is 9.84. The van der Waals surface area contributed by atoms with Crippen molar-refractivity contribution in [2.45, 2.75) is 12.5 Å². The zero-order valence-corrected chi connectivity index (χ0v) is 9.43. The van der Waals surface area contributed by atoms with E-state index >= 15 is 0 Å². The van der Waals surface area contributed by atoms with Gasteiger partial charge in [-0.1, -0.05) is 23.2 Å². The van der Waals surface area contributed by atoms with Crippen LogP contribution in [0.4, 0.5) is 0 Å². The summed E-state index contributed by atoms with van der Waals surface area (Å²) in [5.74, 6) is 2.59. The van der Waals surface area contributed by atoms with Gasteiger partial charge < -0.3 is 5.32 Å². The van der Waals surface area contributed by atoms with Crippen LogP contribution in [0.15, 0.2) is 6.07 Å². The van der Waals surface area contributed by atoms with Crippen molar-refractivity contribution in [3.63, 3.8) is 0 Å². The molecule has 0 aliphatic heterocycles. The molecular formula is C9H9Cl2NS. The number of rotatable bonds is 3. The highest BCUT2D eigenvalue weighted by atomic mass is 35.5. The summed E-state index contributed by atoms with van der Waals surface area (Å²) in [4.78, 5) is 0. The maximum absolute atomic E-state index is 5.98. The van der Waals surface area contributed by atoms with Gasteiger partial charge in [-0.3, -0.25) is 0 Å². The van der Waals surface area contributed by atoms with Gasteiger partial charge in [0.05, 0.1) is 8.67 Å². The van der Waals surface area contributed by atoms with Gasteiger partial charge >= 0.3 is 0 Å². The average Bonchev–Trinajstić information content (AvgIpc) is 2.41. The fraction of sp³-hybridized carbons (Fsp3) is 0.333. The molecule has 1 aromatic heterocycles. The molecule has 1 aromatic rings. The van der Waals surface area contributed by atoms with Crippen molar-refractivity contribution < 1.29 is 0 Å². The van der Waals surface area contributed by atoms with Crippen LogP contribution < -0.4 is 5.32 Å². The highest BCUT2D eigenvalue weighted by Crippen LogP contribution is 2.35. The third-order valence-electron chi connectivity index (χ3n) is 1.73. The quantitative estimate of drug-likeness (QED) is 0.791. The van der Waals surface area contributed by atoms with E-state index in [0.717, 1.165) is 5.56 Å². The molecule has 1 unspecified atom stereocenters. The third kappa shape index (κ3) is 2.62. The lowest BCUT2D eigenvalue weighted by Gasteiger charge is -2.11. The molecule has 0 saturated carbocycles. The molecule has 1 N–H and O–H groups in total. The molecule has 1 atom stereocenters. The second-order valence-corrected chi connectivity index (χ2v) is 4.81. The number of hydrogen-bond donors (Lipinski definition) is 1. The molecule has 13 heavy (non-hydrogen) atoms. The molecule has 0 amide bonds. The molecule has 0 fully saturated rings. The van der Waals surface area contributed by atoms with E-state index in [1.54, 1.807) is 0 Å². The number of halogens is 2. The van der Waals surface area contributed by atoms with Gasteiger partial charge in [0.1, 0.15) is 0 Å². The first-order valence-electron chi connectivity index (χ1n) is 3.74. The minimum Gasteiger partial charge on any atom is -0.312 e. The van der Waals surface area contributed by atoms with Crippen LogP contribution in [0.25, 0.3) is 0 Å². The second-order valence-electron chi connectivity index (χ2n) is 2.53. The van der Waals surface area contributed by atoms with Gasteiger partial charge in [-0.2, -0.15) is 0 Å². The number of thiophene rings is 1. The van der Waals surface area contributed by atoms with Crippen LogP contribution in [0, 0.1) is 12.3 Å². The van der Waals surface area contributed by atoms with Gasteiger partial charge in [-0.05, 0) is 13.1 Å². The van der Waals surface area contributed by atoms with Crippen molar-refractivity contribution >= 4 is 34.5 Å². The maximum atomic E-state index is 5.98. The fourth-order valence-electron chi connectivity index (χ4n) is 1.08. The molecule has 1 heterocycles. The summed E-state index contributed by atoms with van der Waals surface area (Å²) in [5, 5.41) is 3.09. The topological polar surface area (TPSA) is 12.0 Å². The van der Waals surface area contributed by atoms with Crippen LogP contribution in [0.2, 0.25) is 8.67 Å². The molecule has 0 saturated heterocycles. The Labute approximate surface area is 92.1 Å². The van der Waals surface area contributed by atoms with Crippen molar-refractivity contribution in [3.8, 4) is 12.3 Å². The SMILES string of the molecule is C#CCC(NC)c1cc(Cl)sc1Cl. The van der Waals surface area contributed by atoms with Crippen LogP contribution in [0.5, 0.6) is 0 Å². The highest BCUT2D eigenvalue weighted by Gasteiger charge is 2.14. The summed E-state index contributed by atoms with van der Waals surface area (Å²) in [6.07, 6.45) is 5.85. The summed E-state index contributed by atoms with van der Waals surface area (Å²) in [6.45, 7) is 0. The molecular weight excluding hydrogens is 225 g/mol. The monoisotopic (exact) mass is 233 g/mol. The van der Waals surface area contributed by atoms with Gasteiger partial charge in [-0.15, -0.1) is 23.7 Å². The van der Waals surface area contributed by atoms with E-state index in [1.165, 1.54) is 11.3 Å². The predicted octanol–water partition coefficient (Wildman–Crippen LogP) is 3.34. The first-order chi connectivity index (χ1) is 6.19. The predicted molar refractivity (Wildman–Crippen MR) is 59.6 cm³/mol. The van der Waals surface area contributed by atoms with E-state index in [2.05, 4.69) is 11.2 Å². The Bertz CT molecular complexity index is 327. The smallest absolute Gasteiger partial charge is 0.0992 e. The molecule has 0 spiro atoms. The lowest BCUT2D eigenvalue weighted by atomic mass is 10.1. The molecule has 0 aromatic carbocycles. The summed E-state index contributed by atoms with van der Waals surface area (Å²) in [5.41, 5.74) is 0.983. The molecule has 4 heteroatoms. The van der Waals surface area contributed by atoms with E-state index < -0.39 is 0 Å². The Morgan fingerprint density at radius 1 is 1.69 bits per heavy atom. The van der Waals surface area contributed by atoms with Crippen molar-refractivity contribution in [2.75, 3.05) is 7.05 Å². The Morgan fingerprint density at radius 2 is 2.38 bits per heavy atom. The minimum absolute atomic E-state index is 0.0984. The standard InChI is InChI=1S/C9H9Cl2NS/c1-3-4-7(12-2)6-5-8(10)13-9(6)11/h1,5,7,12H,4H2,2H3. The molecule has 0 radical (unpaired) electrons. The Hall–Kier alpha value is -0.200. The van der Waals surface area contributed by atoms with Crippen molar-refractivity contribution in [1.29, 1.82) is 0 Å². The second kappa shape index (κ2) is 4.88. The average molecular weight is 234 g/mol. The molecule has 0 aliphatic carbocycles. The van der Waals surface area contributed by atoms with Crippen LogP contribution in [0.3, 0.4) is 0 Å². The number of terminal acetylenes is 1. The zero-order valence-electron chi connectivity index (χ0n) is 7.10. The normalized spacial score (nSPS) is 12.5. The highest BCUT2D eigenvalue weighted by molar-refractivity contribution is 7.20. The van der Waals surface area contributed by atoms with E-state index in [0.29, 0.717) is 15.1 Å². The van der Waals surface area contributed by atoms with Gasteiger partial charge in [-0.25, -0.2) is 0 Å². The maximum Gasteiger partial charge on any atom is 0.0992 e. The van der Waals surface area contributed by atoms with Crippen molar-refractivity contribution in [3.05, 3.63) is 20.3 Å². The molecule has 0 aliphatic rings. The van der Waals surface area contributed by atoms with Gasteiger partial charge in [0, 0.05) is 18.0 Å². The molecule has 0 bridgehead atoms. The van der Waals surface area contributed by atoms with Crippen LogP contribution in [0.1, 0.15) is 18.0 Å². The first kappa shape index (κ1) is 10.9. The van der Waals surface area contributed by atoms with Crippen LogP contribution in [-0.2, 0) is 0 Å². The summed E-state index contributed by atoms with van der Waals surface area (Å²) in [6, 6.07) is 1.95. The van der Waals surface area contributed by atoms with Crippen molar-refractivity contribution in [1.82, 2.24) is 5.32 Å². The Kier molecular flexibility index (Phi) is 4.08. The van der Waals surface area contributed by atoms with Gasteiger partial charge in [0.15, 0.2) is 0 Å². The lowest BCUT2D eigenvalue weighted by molar-refractivity contribution is 0.614. The summed E-state index contributed by atoms with van der Waals surface area (Å²) < 4.78 is 1.40. The first-order valence-corrected chi connectivity index (χ1v) is 5.31. The molecule has 1 rings (SSSR count). The van der Waals surface area contributed by atoms with Crippen LogP contribution >= 0.6 is 34.5 Å².